The lowest BCUT2D eigenvalue weighted by Crippen LogP contribution is -2.10. The molecule has 0 aliphatic heterocycles. The molecule has 1 heterocycles. The van der Waals surface area contributed by atoms with Gasteiger partial charge in [0.1, 0.15) is 0 Å². The van der Waals surface area contributed by atoms with Crippen molar-refractivity contribution in [2.75, 3.05) is 5.73 Å². The van der Waals surface area contributed by atoms with Crippen molar-refractivity contribution in [3.8, 4) is 0 Å². The summed E-state index contributed by atoms with van der Waals surface area (Å²) in [6.07, 6.45) is 2.44. The maximum atomic E-state index is 5.75. The molecule has 0 saturated carbocycles. The van der Waals surface area contributed by atoms with Crippen LogP contribution in [0.2, 0.25) is 0 Å². The third-order valence-corrected chi connectivity index (χ3v) is 2.78. The third kappa shape index (κ3) is 4.39. The Labute approximate surface area is 114 Å². The quantitative estimate of drug-likeness (QED) is 0.857. The molecule has 0 amide bonds. The fraction of sp³-hybridized carbons (Fsp3) is 0.467. The molecule has 19 heavy (non-hydrogen) atoms. The molecule has 4 nitrogen and oxygen atoms in total. The predicted octanol–water partition coefficient (Wildman–Crippen LogP) is 3.03. The summed E-state index contributed by atoms with van der Waals surface area (Å²) in [5, 5.41) is 4.02. The summed E-state index contributed by atoms with van der Waals surface area (Å²) in [5.41, 5.74) is 7.90. The van der Waals surface area contributed by atoms with E-state index < -0.39 is 0 Å². The minimum Gasteiger partial charge on any atom is -0.399 e. The Hall–Kier alpha value is -1.84. The molecule has 0 radical (unpaired) electrons. The fourth-order valence-electron chi connectivity index (χ4n) is 1.94. The van der Waals surface area contributed by atoms with Crippen LogP contribution in [0.5, 0.6) is 0 Å². The molecular formula is C15H21N3O. The zero-order chi connectivity index (χ0) is 13.9. The van der Waals surface area contributed by atoms with Crippen molar-refractivity contribution in [1.82, 2.24) is 10.1 Å². The Morgan fingerprint density at radius 2 is 2.00 bits per heavy atom. The van der Waals surface area contributed by atoms with Crippen molar-refractivity contribution in [2.45, 2.75) is 40.0 Å². The molecule has 1 aromatic heterocycles. The summed E-state index contributed by atoms with van der Waals surface area (Å²) >= 11 is 0. The molecule has 2 aromatic rings. The molecule has 2 rings (SSSR count). The van der Waals surface area contributed by atoms with E-state index in [2.05, 4.69) is 37.0 Å². The second-order valence-corrected chi connectivity index (χ2v) is 6.09. The monoisotopic (exact) mass is 259 g/mol. The van der Waals surface area contributed by atoms with Gasteiger partial charge >= 0.3 is 0 Å². The molecule has 4 heteroatoms. The highest BCUT2D eigenvalue weighted by molar-refractivity contribution is 5.40. The van der Waals surface area contributed by atoms with Crippen molar-refractivity contribution in [3.05, 3.63) is 41.5 Å². The highest BCUT2D eigenvalue weighted by Crippen LogP contribution is 2.19. The normalized spacial score (nSPS) is 11.7. The van der Waals surface area contributed by atoms with Crippen LogP contribution in [0.15, 0.2) is 28.8 Å². The lowest BCUT2D eigenvalue weighted by Gasteiger charge is -2.14. The molecule has 0 saturated heterocycles. The number of rotatable bonds is 4. The first-order valence-electron chi connectivity index (χ1n) is 6.58. The van der Waals surface area contributed by atoms with E-state index in [1.165, 1.54) is 5.56 Å². The van der Waals surface area contributed by atoms with Gasteiger partial charge in [-0.25, -0.2) is 0 Å². The van der Waals surface area contributed by atoms with Crippen LogP contribution in [0.4, 0.5) is 5.69 Å². The summed E-state index contributed by atoms with van der Waals surface area (Å²) < 4.78 is 5.27. The van der Waals surface area contributed by atoms with Crippen LogP contribution in [0.3, 0.4) is 0 Å². The number of nitrogens with zero attached hydrogens (tertiary/aromatic N) is 2. The van der Waals surface area contributed by atoms with Gasteiger partial charge in [0.25, 0.3) is 0 Å². The largest absolute Gasteiger partial charge is 0.399 e. The lowest BCUT2D eigenvalue weighted by atomic mass is 9.92. The molecular weight excluding hydrogens is 238 g/mol. The Morgan fingerprint density at radius 1 is 1.21 bits per heavy atom. The number of hydrogen-bond donors (Lipinski definition) is 1. The Bertz CT molecular complexity index is 540. The summed E-state index contributed by atoms with van der Waals surface area (Å²) in [6.45, 7) is 6.49. The number of nitrogen functional groups attached to an aromatic ring is 1. The molecule has 0 spiro atoms. The van der Waals surface area contributed by atoms with E-state index in [1.807, 2.05) is 18.2 Å². The second-order valence-electron chi connectivity index (χ2n) is 6.09. The molecule has 102 valence electrons. The smallest absolute Gasteiger partial charge is 0.226 e. The topological polar surface area (TPSA) is 64.9 Å². The summed E-state index contributed by atoms with van der Waals surface area (Å²) in [7, 11) is 0. The van der Waals surface area contributed by atoms with E-state index in [0.717, 1.165) is 30.8 Å². The van der Waals surface area contributed by atoms with Crippen LogP contribution in [0.25, 0.3) is 0 Å². The maximum Gasteiger partial charge on any atom is 0.226 e. The average Bonchev–Trinajstić information content (AvgIpc) is 2.72. The van der Waals surface area contributed by atoms with Gasteiger partial charge in [0.2, 0.25) is 5.89 Å². The molecule has 2 N–H and O–H groups in total. The van der Waals surface area contributed by atoms with Crippen LogP contribution in [-0.2, 0) is 19.3 Å². The Balaban J connectivity index is 1.93. The molecule has 0 atom stereocenters. The molecule has 0 fully saturated rings. The van der Waals surface area contributed by atoms with E-state index >= 15 is 0 Å². The molecule has 0 unspecified atom stereocenters. The molecule has 1 aromatic carbocycles. The van der Waals surface area contributed by atoms with Gasteiger partial charge in [-0.1, -0.05) is 38.1 Å². The van der Waals surface area contributed by atoms with Crippen molar-refractivity contribution in [3.63, 3.8) is 0 Å². The van der Waals surface area contributed by atoms with Crippen molar-refractivity contribution >= 4 is 5.69 Å². The number of benzene rings is 1. The average molecular weight is 259 g/mol. The number of aryl methyl sites for hydroxylation is 2. The lowest BCUT2D eigenvalue weighted by molar-refractivity contribution is 0.354. The van der Waals surface area contributed by atoms with Crippen LogP contribution < -0.4 is 5.73 Å². The van der Waals surface area contributed by atoms with Crippen molar-refractivity contribution in [1.29, 1.82) is 0 Å². The zero-order valence-electron chi connectivity index (χ0n) is 11.8. The molecule has 0 bridgehead atoms. The number of aromatic nitrogens is 2. The predicted molar refractivity (Wildman–Crippen MR) is 75.7 cm³/mol. The first-order chi connectivity index (χ1) is 8.92. The van der Waals surface area contributed by atoms with E-state index in [-0.39, 0.29) is 5.41 Å². The Morgan fingerprint density at radius 3 is 2.68 bits per heavy atom. The van der Waals surface area contributed by atoms with E-state index in [1.54, 1.807) is 0 Å². The minimum absolute atomic E-state index is 0.176. The van der Waals surface area contributed by atoms with Crippen LogP contribution in [0.1, 0.15) is 38.0 Å². The number of nitrogens with two attached hydrogens (primary N) is 1. The number of hydrogen-bond acceptors (Lipinski definition) is 4. The maximum absolute atomic E-state index is 5.75. The highest BCUT2D eigenvalue weighted by atomic mass is 16.5. The summed E-state index contributed by atoms with van der Waals surface area (Å²) in [6, 6.07) is 7.89. The van der Waals surface area contributed by atoms with Gasteiger partial charge in [-0.05, 0) is 29.5 Å². The SMILES string of the molecule is CC(C)(C)Cc1noc(CCc2cccc(N)c2)n1. The van der Waals surface area contributed by atoms with Gasteiger partial charge in [-0.15, -0.1) is 0 Å². The first-order valence-corrected chi connectivity index (χ1v) is 6.58. The van der Waals surface area contributed by atoms with Gasteiger partial charge in [0.15, 0.2) is 5.82 Å². The van der Waals surface area contributed by atoms with Gasteiger partial charge < -0.3 is 10.3 Å². The van der Waals surface area contributed by atoms with Gasteiger partial charge in [0.05, 0.1) is 0 Å². The highest BCUT2D eigenvalue weighted by Gasteiger charge is 2.16. The number of anilines is 1. The first kappa shape index (κ1) is 13.6. The van der Waals surface area contributed by atoms with Crippen LogP contribution in [0, 0.1) is 5.41 Å². The van der Waals surface area contributed by atoms with Crippen LogP contribution in [-0.4, -0.2) is 10.1 Å². The van der Waals surface area contributed by atoms with Crippen LogP contribution >= 0.6 is 0 Å². The zero-order valence-corrected chi connectivity index (χ0v) is 11.8. The third-order valence-electron chi connectivity index (χ3n) is 2.78. The molecule has 0 aliphatic carbocycles. The Kier molecular flexibility index (Phi) is 3.88. The minimum atomic E-state index is 0.176. The van der Waals surface area contributed by atoms with E-state index in [4.69, 9.17) is 10.3 Å². The standard InChI is InChI=1S/C15H21N3O/c1-15(2,3)10-13-17-14(19-18-13)8-7-11-5-4-6-12(16)9-11/h4-6,9H,7-8,10,16H2,1-3H3. The van der Waals surface area contributed by atoms with E-state index in [0.29, 0.717) is 5.89 Å². The summed E-state index contributed by atoms with van der Waals surface area (Å²) in [4.78, 5) is 4.42. The summed E-state index contributed by atoms with van der Waals surface area (Å²) in [5.74, 6) is 1.48. The molecule has 0 aliphatic rings. The van der Waals surface area contributed by atoms with Gasteiger partial charge in [-0.3, -0.25) is 0 Å². The second kappa shape index (κ2) is 5.43. The van der Waals surface area contributed by atoms with Gasteiger partial charge in [0, 0.05) is 18.5 Å². The van der Waals surface area contributed by atoms with Crippen molar-refractivity contribution in [2.24, 2.45) is 5.41 Å². The van der Waals surface area contributed by atoms with E-state index in [9.17, 15) is 0 Å². The van der Waals surface area contributed by atoms with Crippen molar-refractivity contribution < 1.29 is 4.52 Å². The fourth-order valence-corrected chi connectivity index (χ4v) is 1.94. The van der Waals surface area contributed by atoms with Gasteiger partial charge in [-0.2, -0.15) is 4.98 Å².